The summed E-state index contributed by atoms with van der Waals surface area (Å²) >= 11 is 0. The molecule has 3 nitrogen and oxygen atoms in total. The van der Waals surface area contributed by atoms with Crippen LogP contribution in [0.25, 0.3) is 0 Å². The Morgan fingerprint density at radius 3 is 1.83 bits per heavy atom. The molecule has 3 heteroatoms. The van der Waals surface area contributed by atoms with Crippen molar-refractivity contribution in [1.29, 1.82) is 0 Å². The van der Waals surface area contributed by atoms with Crippen LogP contribution in [0.4, 0.5) is 0 Å². The minimum absolute atomic E-state index is 0.122. The number of carboxylic acid groups (broad SMARTS) is 1. The van der Waals surface area contributed by atoms with Crippen molar-refractivity contribution in [2.45, 2.75) is 109 Å². The van der Waals surface area contributed by atoms with E-state index in [0.717, 1.165) is 12.8 Å². The van der Waals surface area contributed by atoms with E-state index in [1.807, 2.05) is 0 Å². The van der Waals surface area contributed by atoms with Crippen molar-refractivity contribution < 1.29 is 15.0 Å². The Hall–Kier alpha value is -0.830. The average molecular weight is 327 g/mol. The Kier molecular flexibility index (Phi) is 16.9. The molecule has 1 atom stereocenters. The second-order valence-corrected chi connectivity index (χ2v) is 6.62. The Morgan fingerprint density at radius 1 is 0.826 bits per heavy atom. The van der Waals surface area contributed by atoms with Gasteiger partial charge in [0.25, 0.3) is 0 Å². The van der Waals surface area contributed by atoms with E-state index >= 15 is 0 Å². The molecule has 0 heterocycles. The lowest BCUT2D eigenvalue weighted by Crippen LogP contribution is -2.12. The van der Waals surface area contributed by atoms with Crippen molar-refractivity contribution in [3.8, 4) is 0 Å². The van der Waals surface area contributed by atoms with E-state index in [2.05, 4.69) is 19.1 Å². The predicted molar refractivity (Wildman–Crippen MR) is 97.7 cm³/mol. The van der Waals surface area contributed by atoms with Crippen molar-refractivity contribution >= 4 is 5.97 Å². The molecule has 0 bridgehead atoms. The maximum absolute atomic E-state index is 10.4. The highest BCUT2D eigenvalue weighted by molar-refractivity contribution is 5.67. The molecule has 0 spiro atoms. The predicted octanol–water partition coefficient (Wildman–Crippen LogP) is 5.86. The topological polar surface area (TPSA) is 57.5 Å². The lowest BCUT2D eigenvalue weighted by molar-refractivity contribution is -0.139. The van der Waals surface area contributed by atoms with Gasteiger partial charge in [-0.15, -0.1) is 0 Å². The molecule has 0 amide bonds. The maximum atomic E-state index is 10.4. The van der Waals surface area contributed by atoms with E-state index in [1.54, 1.807) is 0 Å². The first kappa shape index (κ1) is 22.2. The summed E-state index contributed by atoms with van der Waals surface area (Å²) in [6, 6.07) is 0. The molecule has 0 aliphatic heterocycles. The molecular weight excluding hydrogens is 288 g/mol. The number of aliphatic carboxylic acids is 1. The minimum Gasteiger partial charge on any atom is -0.481 e. The van der Waals surface area contributed by atoms with Gasteiger partial charge in [0.1, 0.15) is 0 Å². The number of carboxylic acids is 1. The third-order valence-corrected chi connectivity index (χ3v) is 4.21. The fourth-order valence-electron chi connectivity index (χ4n) is 2.75. The highest BCUT2D eigenvalue weighted by atomic mass is 16.4. The first-order valence-electron chi connectivity index (χ1n) is 9.71. The number of carbonyl (C=O) groups is 1. The molecule has 0 aromatic carbocycles. The van der Waals surface area contributed by atoms with E-state index in [0.29, 0.717) is 6.42 Å². The molecule has 0 radical (unpaired) electrons. The van der Waals surface area contributed by atoms with Gasteiger partial charge in [-0.05, 0) is 32.1 Å². The van der Waals surface area contributed by atoms with E-state index in [-0.39, 0.29) is 6.42 Å². The number of hydrogen-bond donors (Lipinski definition) is 2. The first-order chi connectivity index (χ1) is 11.2. The highest BCUT2D eigenvalue weighted by Gasteiger charge is 2.08. The van der Waals surface area contributed by atoms with Crippen molar-refractivity contribution in [2.24, 2.45) is 0 Å². The summed E-state index contributed by atoms with van der Waals surface area (Å²) in [5, 5.41) is 18.0. The first-order valence-corrected chi connectivity index (χ1v) is 9.71. The van der Waals surface area contributed by atoms with Crippen LogP contribution in [0.3, 0.4) is 0 Å². The molecule has 0 aliphatic carbocycles. The summed E-state index contributed by atoms with van der Waals surface area (Å²) in [5.41, 5.74) is 0. The van der Waals surface area contributed by atoms with Gasteiger partial charge in [0, 0.05) is 0 Å². The Balaban J connectivity index is 3.17. The molecule has 0 aromatic heterocycles. The molecule has 0 fully saturated rings. The molecule has 136 valence electrons. The summed E-state index contributed by atoms with van der Waals surface area (Å²) < 4.78 is 0. The normalized spacial score (nSPS) is 12.8. The van der Waals surface area contributed by atoms with Gasteiger partial charge in [0.05, 0.1) is 12.5 Å². The van der Waals surface area contributed by atoms with Crippen molar-refractivity contribution in [2.75, 3.05) is 0 Å². The van der Waals surface area contributed by atoms with Crippen LogP contribution in [0.15, 0.2) is 12.2 Å². The van der Waals surface area contributed by atoms with Crippen molar-refractivity contribution in [3.63, 3.8) is 0 Å². The van der Waals surface area contributed by atoms with Gasteiger partial charge in [-0.2, -0.15) is 0 Å². The second-order valence-electron chi connectivity index (χ2n) is 6.62. The summed E-state index contributed by atoms with van der Waals surface area (Å²) in [4.78, 5) is 10.4. The van der Waals surface area contributed by atoms with Gasteiger partial charge in [0.2, 0.25) is 0 Å². The average Bonchev–Trinajstić information content (AvgIpc) is 2.50. The number of allylic oxidation sites excluding steroid dienone is 2. The summed E-state index contributed by atoms with van der Waals surface area (Å²) in [6.07, 6.45) is 20.8. The molecule has 0 aromatic rings. The molecule has 0 rings (SSSR count). The van der Waals surface area contributed by atoms with Gasteiger partial charge in [-0.3, -0.25) is 4.79 Å². The maximum Gasteiger partial charge on any atom is 0.305 e. The van der Waals surface area contributed by atoms with E-state index in [4.69, 9.17) is 5.11 Å². The van der Waals surface area contributed by atoms with Crippen molar-refractivity contribution in [3.05, 3.63) is 12.2 Å². The fraction of sp³-hybridized carbons (Fsp3) is 0.850. The highest BCUT2D eigenvalue weighted by Crippen LogP contribution is 2.11. The van der Waals surface area contributed by atoms with Gasteiger partial charge < -0.3 is 10.2 Å². The van der Waals surface area contributed by atoms with Crippen LogP contribution < -0.4 is 0 Å². The molecule has 2 N–H and O–H groups in total. The zero-order valence-electron chi connectivity index (χ0n) is 15.1. The van der Waals surface area contributed by atoms with Crippen LogP contribution in [-0.2, 0) is 4.79 Å². The van der Waals surface area contributed by atoms with E-state index in [1.165, 1.54) is 70.6 Å². The van der Waals surface area contributed by atoms with Crippen LogP contribution >= 0.6 is 0 Å². The van der Waals surface area contributed by atoms with Crippen LogP contribution in [0.5, 0.6) is 0 Å². The molecule has 0 saturated heterocycles. The van der Waals surface area contributed by atoms with Crippen LogP contribution in [-0.4, -0.2) is 22.3 Å². The minimum atomic E-state index is -0.912. The fourth-order valence-corrected chi connectivity index (χ4v) is 2.75. The Labute approximate surface area is 143 Å². The number of aliphatic hydroxyl groups excluding tert-OH is 1. The quantitative estimate of drug-likeness (QED) is 0.260. The number of rotatable bonds is 17. The monoisotopic (exact) mass is 326 g/mol. The lowest BCUT2D eigenvalue weighted by Gasteiger charge is -2.06. The summed E-state index contributed by atoms with van der Waals surface area (Å²) in [7, 11) is 0. The third kappa shape index (κ3) is 19.1. The van der Waals surface area contributed by atoms with Gasteiger partial charge in [-0.1, -0.05) is 76.9 Å². The number of hydrogen-bond acceptors (Lipinski definition) is 2. The summed E-state index contributed by atoms with van der Waals surface area (Å²) in [6.45, 7) is 2.26. The van der Waals surface area contributed by atoms with Crippen LogP contribution in [0.2, 0.25) is 0 Å². The molecule has 1 unspecified atom stereocenters. The largest absolute Gasteiger partial charge is 0.481 e. The smallest absolute Gasteiger partial charge is 0.305 e. The SMILES string of the molecule is CCCCCCCCC=CCCCCCCCC(O)CC(=O)O. The van der Waals surface area contributed by atoms with Crippen LogP contribution in [0, 0.1) is 0 Å². The summed E-state index contributed by atoms with van der Waals surface area (Å²) in [5.74, 6) is -0.912. The lowest BCUT2D eigenvalue weighted by atomic mass is 10.1. The van der Waals surface area contributed by atoms with Gasteiger partial charge >= 0.3 is 5.97 Å². The molecule has 23 heavy (non-hydrogen) atoms. The third-order valence-electron chi connectivity index (χ3n) is 4.21. The van der Waals surface area contributed by atoms with E-state index < -0.39 is 12.1 Å². The Bertz CT molecular complexity index is 287. The second kappa shape index (κ2) is 17.5. The molecular formula is C20H38O3. The van der Waals surface area contributed by atoms with E-state index in [9.17, 15) is 9.90 Å². The van der Waals surface area contributed by atoms with Crippen LogP contribution in [0.1, 0.15) is 103 Å². The van der Waals surface area contributed by atoms with Gasteiger partial charge in [-0.25, -0.2) is 0 Å². The van der Waals surface area contributed by atoms with Crippen molar-refractivity contribution in [1.82, 2.24) is 0 Å². The number of aliphatic hydroxyl groups is 1. The number of unbranched alkanes of at least 4 members (excludes halogenated alkanes) is 11. The zero-order valence-corrected chi connectivity index (χ0v) is 15.1. The van der Waals surface area contributed by atoms with Gasteiger partial charge in [0.15, 0.2) is 0 Å². The molecule has 0 saturated carbocycles. The standard InChI is InChI=1S/C20H38O3/c1-2-3-4-5-6-7-8-9-10-11-12-13-14-15-16-17-19(21)18-20(22)23/h9-10,19,21H,2-8,11-18H2,1H3,(H,22,23). The molecule has 0 aliphatic rings. The zero-order chi connectivity index (χ0) is 17.2. The Morgan fingerprint density at radius 2 is 1.30 bits per heavy atom.